The Bertz CT molecular complexity index is 1380. The second-order valence-electron chi connectivity index (χ2n) is 10.7. The van der Waals surface area contributed by atoms with Crippen LogP contribution in [-0.4, -0.2) is 42.6 Å². The molecule has 9 heteroatoms. The van der Waals surface area contributed by atoms with E-state index >= 15 is 0 Å². The summed E-state index contributed by atoms with van der Waals surface area (Å²) in [6.07, 6.45) is 1.85. The third-order valence-corrected chi connectivity index (χ3v) is 8.57. The molecule has 2 aliphatic heterocycles. The number of fused-ring (bicyclic) bond motifs is 2. The van der Waals surface area contributed by atoms with Gasteiger partial charge in [0.2, 0.25) is 5.91 Å². The molecule has 0 aliphatic carbocycles. The van der Waals surface area contributed by atoms with Gasteiger partial charge >= 0.3 is 6.09 Å². The summed E-state index contributed by atoms with van der Waals surface area (Å²) in [6, 6.07) is 19.7. The second-order valence-corrected chi connectivity index (χ2v) is 11.5. The molecule has 1 fully saturated rings. The molecule has 3 aromatic carbocycles. The maximum atomic E-state index is 14.1. The van der Waals surface area contributed by atoms with Crippen molar-refractivity contribution < 1.29 is 18.7 Å². The van der Waals surface area contributed by atoms with Crippen molar-refractivity contribution >= 4 is 40.9 Å². The highest BCUT2D eigenvalue weighted by Crippen LogP contribution is 2.44. The molecule has 2 amide bonds. The van der Waals surface area contributed by atoms with Crippen molar-refractivity contribution in [2.24, 2.45) is 0 Å². The number of amides is 2. The van der Waals surface area contributed by atoms with Crippen LogP contribution in [0.3, 0.4) is 0 Å². The van der Waals surface area contributed by atoms with E-state index < -0.39 is 17.6 Å². The van der Waals surface area contributed by atoms with Crippen molar-refractivity contribution in [3.8, 4) is 0 Å². The monoisotopic (exact) mass is 583 g/mol. The number of rotatable bonds is 8. The number of piperidine rings is 1. The molecular formula is C31H32Cl2FN3O3. The van der Waals surface area contributed by atoms with Crippen molar-refractivity contribution in [1.29, 1.82) is 0 Å². The Morgan fingerprint density at radius 3 is 2.55 bits per heavy atom. The quantitative estimate of drug-likeness (QED) is 0.302. The normalized spacial score (nSPS) is 17.9. The third kappa shape index (κ3) is 6.43. The van der Waals surface area contributed by atoms with Crippen LogP contribution in [0.5, 0.6) is 0 Å². The number of anilines is 1. The molecule has 210 valence electrons. The van der Waals surface area contributed by atoms with Gasteiger partial charge in [-0.15, -0.1) is 0 Å². The maximum absolute atomic E-state index is 14.1. The lowest BCUT2D eigenvalue weighted by atomic mass is 9.82. The molecule has 0 radical (unpaired) electrons. The Labute approximate surface area is 243 Å². The molecule has 2 N–H and O–H groups in total. The number of carbonyl (C=O) groups is 2. The molecule has 3 aromatic rings. The number of nitrogens with one attached hydrogen (secondary N) is 2. The van der Waals surface area contributed by atoms with E-state index in [2.05, 4.69) is 27.7 Å². The van der Waals surface area contributed by atoms with E-state index in [4.69, 9.17) is 27.9 Å². The van der Waals surface area contributed by atoms with Crippen molar-refractivity contribution in [3.63, 3.8) is 0 Å². The van der Waals surface area contributed by atoms with Crippen LogP contribution >= 0.6 is 23.2 Å². The number of hydrogen-bond donors (Lipinski definition) is 2. The number of hydrogen-bond acceptors (Lipinski definition) is 4. The van der Waals surface area contributed by atoms with Crippen LogP contribution in [0.15, 0.2) is 66.7 Å². The first-order valence-corrected chi connectivity index (χ1v) is 14.3. The minimum atomic E-state index is -0.858. The molecule has 2 heterocycles. The number of halogens is 3. The summed E-state index contributed by atoms with van der Waals surface area (Å²) in [5, 5.41) is 6.71. The Kier molecular flexibility index (Phi) is 8.64. The number of nitrogens with zero attached hydrogens (tertiary/aromatic N) is 1. The van der Waals surface area contributed by atoms with E-state index in [1.165, 1.54) is 12.1 Å². The molecule has 6 nitrogen and oxygen atoms in total. The van der Waals surface area contributed by atoms with E-state index in [1.54, 1.807) is 18.2 Å². The van der Waals surface area contributed by atoms with Crippen LogP contribution in [-0.2, 0) is 21.6 Å². The average Bonchev–Trinajstić information content (AvgIpc) is 2.93. The van der Waals surface area contributed by atoms with Crippen molar-refractivity contribution in [2.45, 2.75) is 50.2 Å². The van der Waals surface area contributed by atoms with E-state index in [0.29, 0.717) is 60.2 Å². The molecule has 5 rings (SSSR count). The van der Waals surface area contributed by atoms with Crippen LogP contribution in [0.25, 0.3) is 0 Å². The van der Waals surface area contributed by atoms with Gasteiger partial charge in [0.05, 0.1) is 21.7 Å². The van der Waals surface area contributed by atoms with Crippen LogP contribution in [0, 0.1) is 5.82 Å². The Hall–Kier alpha value is -3.13. The average molecular weight is 585 g/mol. The fourth-order valence-electron chi connectivity index (χ4n) is 5.73. The summed E-state index contributed by atoms with van der Waals surface area (Å²) >= 11 is 12.5. The van der Waals surface area contributed by atoms with Gasteiger partial charge in [-0.25, -0.2) is 9.18 Å². The lowest BCUT2D eigenvalue weighted by Crippen LogP contribution is -2.48. The van der Waals surface area contributed by atoms with Crippen LogP contribution in [0.4, 0.5) is 14.9 Å². The van der Waals surface area contributed by atoms with Crippen LogP contribution < -0.4 is 10.6 Å². The Balaban J connectivity index is 1.26. The SMILES string of the molecule is C[C@H](Cc1ccccc1)NC(=O)[C@H](CCN1CCC2(CC1)OC(=O)Nc1ccc(F)cc12)c1ccc(Cl)c(Cl)c1. The maximum Gasteiger partial charge on any atom is 0.412 e. The molecule has 1 spiro atoms. The highest BCUT2D eigenvalue weighted by molar-refractivity contribution is 6.42. The van der Waals surface area contributed by atoms with Gasteiger partial charge in [-0.2, -0.15) is 0 Å². The van der Waals surface area contributed by atoms with Crippen molar-refractivity contribution in [3.05, 3.63) is 99.3 Å². The topological polar surface area (TPSA) is 70.7 Å². The van der Waals surface area contributed by atoms with Crippen LogP contribution in [0.2, 0.25) is 10.0 Å². The molecule has 1 saturated heterocycles. The first-order valence-electron chi connectivity index (χ1n) is 13.5. The van der Waals surface area contributed by atoms with Gasteiger partial charge in [0.1, 0.15) is 11.4 Å². The fraction of sp³-hybridized carbons (Fsp3) is 0.355. The number of likely N-dealkylation sites (tertiary alicyclic amines) is 1. The first kappa shape index (κ1) is 28.4. The van der Waals surface area contributed by atoms with E-state index in [1.807, 2.05) is 31.2 Å². The molecule has 0 aromatic heterocycles. The van der Waals surface area contributed by atoms with Gasteiger partial charge in [0.15, 0.2) is 0 Å². The molecule has 40 heavy (non-hydrogen) atoms. The summed E-state index contributed by atoms with van der Waals surface area (Å²) in [7, 11) is 0. The van der Waals surface area contributed by atoms with Crippen molar-refractivity contribution in [2.75, 3.05) is 25.0 Å². The number of ether oxygens (including phenoxy) is 1. The molecule has 0 bridgehead atoms. The highest BCUT2D eigenvalue weighted by Gasteiger charge is 2.44. The zero-order valence-corrected chi connectivity index (χ0v) is 23.8. The summed E-state index contributed by atoms with van der Waals surface area (Å²) < 4.78 is 19.8. The number of benzene rings is 3. The minimum absolute atomic E-state index is 0.0509. The smallest absolute Gasteiger partial charge is 0.412 e. The van der Waals surface area contributed by atoms with Gasteiger partial charge in [-0.05, 0) is 67.8 Å². The molecule has 0 unspecified atom stereocenters. The largest absolute Gasteiger partial charge is 0.438 e. The zero-order chi connectivity index (χ0) is 28.3. The van der Waals surface area contributed by atoms with E-state index in [9.17, 15) is 14.0 Å². The predicted molar refractivity (Wildman–Crippen MR) is 155 cm³/mol. The number of carbonyl (C=O) groups excluding carboxylic acids is 2. The van der Waals surface area contributed by atoms with Gasteiger partial charge in [-0.1, -0.05) is 59.6 Å². The predicted octanol–water partition coefficient (Wildman–Crippen LogP) is 6.91. The van der Waals surface area contributed by atoms with Crippen molar-refractivity contribution in [1.82, 2.24) is 10.2 Å². The van der Waals surface area contributed by atoms with Gasteiger partial charge in [-0.3, -0.25) is 10.1 Å². The third-order valence-electron chi connectivity index (χ3n) is 7.83. The highest BCUT2D eigenvalue weighted by atomic mass is 35.5. The molecular weight excluding hydrogens is 552 g/mol. The summed E-state index contributed by atoms with van der Waals surface area (Å²) in [5.41, 5.74) is 2.37. The Morgan fingerprint density at radius 1 is 1.07 bits per heavy atom. The Morgan fingerprint density at radius 2 is 1.82 bits per heavy atom. The lowest BCUT2D eigenvalue weighted by Gasteiger charge is -2.44. The zero-order valence-electron chi connectivity index (χ0n) is 22.3. The molecule has 0 saturated carbocycles. The van der Waals surface area contributed by atoms with E-state index in [-0.39, 0.29) is 17.8 Å². The molecule has 2 aliphatic rings. The summed E-state index contributed by atoms with van der Waals surface area (Å²) in [5.74, 6) is -0.848. The summed E-state index contributed by atoms with van der Waals surface area (Å²) in [6.45, 7) is 3.94. The first-order chi connectivity index (χ1) is 19.2. The van der Waals surface area contributed by atoms with E-state index in [0.717, 1.165) is 17.5 Å². The van der Waals surface area contributed by atoms with Crippen LogP contribution in [0.1, 0.15) is 48.8 Å². The lowest BCUT2D eigenvalue weighted by molar-refractivity contribution is -0.123. The minimum Gasteiger partial charge on any atom is -0.438 e. The standard InChI is InChI=1S/C31H32Cl2FN3O3/c1-20(17-21-5-3-2-4-6-21)35-29(38)24(22-7-9-26(32)27(33)18-22)11-14-37-15-12-31(13-16-37)25-19-23(34)8-10-28(25)36-30(39)40-31/h2-10,18-20,24H,11-17H2,1H3,(H,35,38)(H,36,39)/t20-,24-/m1/s1. The molecule has 2 atom stereocenters. The van der Waals surface area contributed by atoms with Gasteiger partial charge in [0, 0.05) is 37.5 Å². The summed E-state index contributed by atoms with van der Waals surface area (Å²) in [4.78, 5) is 28.1. The second kappa shape index (κ2) is 12.2. The fourth-order valence-corrected chi connectivity index (χ4v) is 6.04. The van der Waals surface area contributed by atoms with Gasteiger partial charge < -0.3 is 15.0 Å². The van der Waals surface area contributed by atoms with Gasteiger partial charge in [0.25, 0.3) is 0 Å².